The Kier molecular flexibility index (Phi) is 4.81. The lowest BCUT2D eigenvalue weighted by atomic mass is 10.0. The summed E-state index contributed by atoms with van der Waals surface area (Å²) in [5, 5.41) is 2.84. The summed E-state index contributed by atoms with van der Waals surface area (Å²) in [6, 6.07) is 20.7. The van der Waals surface area contributed by atoms with Gasteiger partial charge in [0.1, 0.15) is 17.8 Å². The van der Waals surface area contributed by atoms with Gasteiger partial charge < -0.3 is 14.7 Å². The molecule has 1 amide bonds. The molecular formula is C26H18N6O2. The number of nitrogens with one attached hydrogen (secondary N) is 2. The van der Waals surface area contributed by atoms with Crippen LogP contribution in [0.1, 0.15) is 5.89 Å². The Morgan fingerprint density at radius 3 is 2.68 bits per heavy atom. The number of amides is 1. The van der Waals surface area contributed by atoms with Gasteiger partial charge in [0.15, 0.2) is 5.58 Å². The number of aromatic nitrogens is 5. The first-order chi connectivity index (χ1) is 16.7. The minimum atomic E-state index is -0.264. The number of rotatable bonds is 5. The van der Waals surface area contributed by atoms with Gasteiger partial charge in [-0.05, 0) is 48.5 Å². The number of carbonyl (C=O) groups is 1. The van der Waals surface area contributed by atoms with Gasteiger partial charge >= 0.3 is 0 Å². The van der Waals surface area contributed by atoms with Crippen LogP contribution < -0.4 is 5.32 Å². The molecule has 5 heterocycles. The van der Waals surface area contributed by atoms with Crippen LogP contribution in [0, 0.1) is 0 Å². The fourth-order valence-corrected chi connectivity index (χ4v) is 3.97. The predicted molar refractivity (Wildman–Crippen MR) is 129 cm³/mol. The maximum absolute atomic E-state index is 12.7. The monoisotopic (exact) mass is 446 g/mol. The Morgan fingerprint density at radius 1 is 0.912 bits per heavy atom. The third kappa shape index (κ3) is 3.67. The topological polar surface area (TPSA) is 110 Å². The van der Waals surface area contributed by atoms with Crippen molar-refractivity contribution >= 4 is 33.9 Å². The van der Waals surface area contributed by atoms with Crippen molar-refractivity contribution in [3.8, 4) is 22.5 Å². The largest absolute Gasteiger partial charge is 0.440 e. The quantitative estimate of drug-likeness (QED) is 0.385. The fraction of sp³-hybridized carbons (Fsp3) is 0.0385. The highest BCUT2D eigenvalue weighted by Gasteiger charge is 2.18. The molecule has 0 aliphatic carbocycles. The normalized spacial score (nSPS) is 11.2. The van der Waals surface area contributed by atoms with Gasteiger partial charge in [-0.1, -0.05) is 18.2 Å². The number of para-hydroxylation sites is 2. The van der Waals surface area contributed by atoms with Crippen molar-refractivity contribution in [3.05, 3.63) is 91.2 Å². The molecule has 0 bridgehead atoms. The summed E-state index contributed by atoms with van der Waals surface area (Å²) in [6.07, 6.45) is 5.18. The van der Waals surface area contributed by atoms with E-state index in [4.69, 9.17) is 4.42 Å². The number of carbonyl (C=O) groups excluding carboxylic acids is 1. The molecule has 6 aromatic rings. The van der Waals surface area contributed by atoms with Gasteiger partial charge in [0.05, 0.1) is 28.0 Å². The summed E-state index contributed by atoms with van der Waals surface area (Å²) in [7, 11) is 0. The summed E-state index contributed by atoms with van der Waals surface area (Å²) >= 11 is 0. The van der Waals surface area contributed by atoms with Crippen molar-refractivity contribution in [2.75, 3.05) is 5.32 Å². The smallest absolute Gasteiger partial charge is 0.234 e. The average Bonchev–Trinajstić information content (AvgIpc) is 3.45. The molecule has 1 aromatic carbocycles. The van der Waals surface area contributed by atoms with Crippen LogP contribution in [0.25, 0.3) is 44.6 Å². The van der Waals surface area contributed by atoms with Crippen LogP contribution in [-0.4, -0.2) is 30.8 Å². The van der Waals surface area contributed by atoms with Crippen LogP contribution in [0.5, 0.6) is 0 Å². The first kappa shape index (κ1) is 19.8. The van der Waals surface area contributed by atoms with Crippen molar-refractivity contribution in [1.82, 2.24) is 24.9 Å². The Hall–Kier alpha value is -4.85. The van der Waals surface area contributed by atoms with E-state index in [1.807, 2.05) is 66.7 Å². The van der Waals surface area contributed by atoms with Crippen molar-refractivity contribution in [2.24, 2.45) is 0 Å². The molecule has 164 valence electrons. The molecule has 8 nitrogen and oxygen atoms in total. The van der Waals surface area contributed by atoms with Gasteiger partial charge in [0.25, 0.3) is 0 Å². The van der Waals surface area contributed by atoms with E-state index in [9.17, 15) is 4.79 Å². The van der Waals surface area contributed by atoms with E-state index in [2.05, 4.69) is 30.2 Å². The van der Waals surface area contributed by atoms with Crippen LogP contribution in [0.4, 0.5) is 5.82 Å². The van der Waals surface area contributed by atoms with E-state index in [1.54, 1.807) is 18.6 Å². The van der Waals surface area contributed by atoms with Crippen LogP contribution >= 0.6 is 0 Å². The molecule has 0 atom stereocenters. The van der Waals surface area contributed by atoms with E-state index in [-0.39, 0.29) is 12.3 Å². The minimum Gasteiger partial charge on any atom is -0.440 e. The lowest BCUT2D eigenvalue weighted by Gasteiger charge is -2.07. The maximum Gasteiger partial charge on any atom is 0.234 e. The lowest BCUT2D eigenvalue weighted by molar-refractivity contribution is -0.115. The molecule has 0 unspecified atom stereocenters. The van der Waals surface area contributed by atoms with E-state index in [0.29, 0.717) is 17.3 Å². The zero-order chi connectivity index (χ0) is 22.9. The molecule has 0 spiro atoms. The Bertz CT molecular complexity index is 1600. The summed E-state index contributed by atoms with van der Waals surface area (Å²) in [6.45, 7) is 0. The molecule has 0 radical (unpaired) electrons. The van der Waals surface area contributed by atoms with Gasteiger partial charge in [-0.15, -0.1) is 0 Å². The minimum absolute atomic E-state index is 0.0100. The molecule has 5 aromatic heterocycles. The third-order valence-electron chi connectivity index (χ3n) is 5.44. The maximum atomic E-state index is 12.7. The molecular weight excluding hydrogens is 428 g/mol. The summed E-state index contributed by atoms with van der Waals surface area (Å²) in [4.78, 5) is 33.9. The van der Waals surface area contributed by atoms with Crippen molar-refractivity contribution < 1.29 is 9.21 Å². The molecule has 0 fully saturated rings. The van der Waals surface area contributed by atoms with Crippen LogP contribution in [0.3, 0.4) is 0 Å². The van der Waals surface area contributed by atoms with Gasteiger partial charge in [-0.3, -0.25) is 14.8 Å². The number of hydrogen-bond donors (Lipinski definition) is 2. The van der Waals surface area contributed by atoms with Crippen molar-refractivity contribution in [1.29, 1.82) is 0 Å². The summed E-state index contributed by atoms with van der Waals surface area (Å²) in [5.41, 5.74) is 6.51. The van der Waals surface area contributed by atoms with Crippen LogP contribution in [0.15, 0.2) is 89.7 Å². The van der Waals surface area contributed by atoms with Gasteiger partial charge in [0.2, 0.25) is 11.8 Å². The zero-order valence-electron chi connectivity index (χ0n) is 17.9. The number of H-pyrrole nitrogens is 1. The Morgan fingerprint density at radius 2 is 1.79 bits per heavy atom. The molecule has 6 rings (SSSR count). The second-order valence-corrected chi connectivity index (χ2v) is 7.72. The summed E-state index contributed by atoms with van der Waals surface area (Å²) < 4.78 is 5.66. The lowest BCUT2D eigenvalue weighted by Crippen LogP contribution is -2.15. The third-order valence-corrected chi connectivity index (χ3v) is 5.44. The fourth-order valence-electron chi connectivity index (χ4n) is 3.97. The van der Waals surface area contributed by atoms with Crippen LogP contribution in [0.2, 0.25) is 0 Å². The molecule has 0 saturated heterocycles. The molecule has 8 heteroatoms. The number of oxazole rings is 1. The standard InChI is InChI=1S/C26H18N6O2/c33-22(15-23-30-17-6-1-2-9-20(17)34-23)32-21-14-16(10-13-28-21)25-24(18-7-3-4-11-27-18)26-19(31-25)8-5-12-29-26/h1-14,31H,15H2,(H,28,32,33). The SMILES string of the molecule is O=C(Cc1nc2ccccc2o1)Nc1cc(-c2[nH]c3cccnc3c2-c2ccccn2)ccn1. The zero-order valence-corrected chi connectivity index (χ0v) is 17.9. The number of fused-ring (bicyclic) bond motifs is 2. The molecule has 2 N–H and O–H groups in total. The Labute approximate surface area is 193 Å². The first-order valence-corrected chi connectivity index (χ1v) is 10.7. The van der Waals surface area contributed by atoms with E-state index in [0.717, 1.165) is 39.1 Å². The summed E-state index contributed by atoms with van der Waals surface area (Å²) in [5.74, 6) is 0.519. The molecule has 0 aliphatic rings. The van der Waals surface area contributed by atoms with Crippen molar-refractivity contribution in [2.45, 2.75) is 6.42 Å². The molecule has 34 heavy (non-hydrogen) atoms. The highest BCUT2D eigenvalue weighted by Crippen LogP contribution is 2.36. The number of hydrogen-bond acceptors (Lipinski definition) is 6. The number of aromatic amines is 1. The predicted octanol–water partition coefficient (Wildman–Crippen LogP) is 5.01. The highest BCUT2D eigenvalue weighted by molar-refractivity contribution is 6.01. The van der Waals surface area contributed by atoms with E-state index < -0.39 is 0 Å². The highest BCUT2D eigenvalue weighted by atomic mass is 16.3. The second kappa shape index (κ2) is 8.25. The van der Waals surface area contributed by atoms with Gasteiger partial charge in [0, 0.05) is 24.2 Å². The van der Waals surface area contributed by atoms with E-state index >= 15 is 0 Å². The average molecular weight is 446 g/mol. The van der Waals surface area contributed by atoms with Crippen LogP contribution in [-0.2, 0) is 11.2 Å². The van der Waals surface area contributed by atoms with Crippen molar-refractivity contribution in [3.63, 3.8) is 0 Å². The first-order valence-electron chi connectivity index (χ1n) is 10.7. The van der Waals surface area contributed by atoms with Gasteiger partial charge in [-0.2, -0.15) is 0 Å². The molecule has 0 saturated carbocycles. The Balaban J connectivity index is 1.32. The number of pyridine rings is 3. The van der Waals surface area contributed by atoms with Gasteiger partial charge in [-0.25, -0.2) is 9.97 Å². The van der Waals surface area contributed by atoms with E-state index in [1.165, 1.54) is 0 Å². The second-order valence-electron chi connectivity index (χ2n) is 7.72. The molecule has 0 aliphatic heterocycles. The number of anilines is 1. The number of benzene rings is 1. The number of nitrogens with zero attached hydrogens (tertiary/aromatic N) is 4.